The molecule has 2 atom stereocenters. The number of anilines is 1. The van der Waals surface area contributed by atoms with E-state index in [0.717, 1.165) is 33.7 Å². The maximum atomic E-state index is 13.2. The summed E-state index contributed by atoms with van der Waals surface area (Å²) in [6.07, 6.45) is 3.96. The normalized spacial score (nSPS) is 24.1. The van der Waals surface area contributed by atoms with Crippen LogP contribution in [-0.2, 0) is 9.47 Å². The molecule has 0 aromatic heterocycles. The van der Waals surface area contributed by atoms with Gasteiger partial charge < -0.3 is 14.2 Å². The van der Waals surface area contributed by atoms with Crippen molar-refractivity contribution in [3.05, 3.63) is 77.5 Å². The standard InChI is InChI=1S/C28H30N2O5/c1-4-33-21-12-10-19(11-13-21)23-16-24-22-8-6-7-9-25(22)30(27(32)34-5-2)28(24,3)17-20(23)18-29-14-15-35-26(29)31/h6-13,16,18,23H,4-5,14-15,17H2,1-3H3/b20-18+/t23-,28+/m0/s1. The Kier molecular flexibility index (Phi) is 6.01. The van der Waals surface area contributed by atoms with Gasteiger partial charge in [0.25, 0.3) is 0 Å². The Morgan fingerprint density at radius 2 is 1.91 bits per heavy atom. The van der Waals surface area contributed by atoms with Crippen molar-refractivity contribution in [3.8, 4) is 5.75 Å². The minimum Gasteiger partial charge on any atom is -0.494 e. The maximum Gasteiger partial charge on any atom is 0.415 e. The lowest BCUT2D eigenvalue weighted by atomic mass is 9.72. The Labute approximate surface area is 205 Å². The molecule has 0 spiro atoms. The van der Waals surface area contributed by atoms with E-state index in [4.69, 9.17) is 14.2 Å². The van der Waals surface area contributed by atoms with E-state index in [-0.39, 0.29) is 18.1 Å². The molecule has 1 aliphatic carbocycles. The number of para-hydroxylation sites is 1. The number of fused-ring (bicyclic) bond motifs is 3. The highest BCUT2D eigenvalue weighted by Gasteiger charge is 2.51. The summed E-state index contributed by atoms with van der Waals surface area (Å²) in [5.41, 5.74) is 4.43. The van der Waals surface area contributed by atoms with Crippen molar-refractivity contribution in [3.63, 3.8) is 0 Å². The van der Waals surface area contributed by atoms with Gasteiger partial charge in [0.2, 0.25) is 0 Å². The van der Waals surface area contributed by atoms with Gasteiger partial charge in [0.05, 0.1) is 31.0 Å². The highest BCUT2D eigenvalue weighted by Crippen LogP contribution is 2.55. The van der Waals surface area contributed by atoms with E-state index in [1.54, 1.807) is 9.80 Å². The molecule has 7 heteroatoms. The molecule has 2 aromatic rings. The second kappa shape index (κ2) is 9.13. The van der Waals surface area contributed by atoms with Gasteiger partial charge in [0, 0.05) is 17.7 Å². The van der Waals surface area contributed by atoms with Crippen molar-refractivity contribution in [2.24, 2.45) is 0 Å². The van der Waals surface area contributed by atoms with Gasteiger partial charge in [-0.1, -0.05) is 36.4 Å². The quantitative estimate of drug-likeness (QED) is 0.554. The summed E-state index contributed by atoms with van der Waals surface area (Å²) in [5.74, 6) is 0.746. The second-order valence-electron chi connectivity index (χ2n) is 9.07. The third-order valence-corrected chi connectivity index (χ3v) is 6.90. The Hall–Kier alpha value is -3.74. The molecule has 0 bridgehead atoms. The van der Waals surface area contributed by atoms with Crippen LogP contribution in [0, 0.1) is 0 Å². The zero-order valence-corrected chi connectivity index (χ0v) is 20.3. The van der Waals surface area contributed by atoms with E-state index in [1.165, 1.54) is 0 Å². The largest absolute Gasteiger partial charge is 0.494 e. The lowest BCUT2D eigenvalue weighted by molar-refractivity contribution is 0.155. The number of cyclic esters (lactones) is 1. The lowest BCUT2D eigenvalue weighted by Gasteiger charge is -2.41. The van der Waals surface area contributed by atoms with Crippen LogP contribution in [0.25, 0.3) is 5.57 Å². The molecule has 1 saturated heterocycles. The Morgan fingerprint density at radius 1 is 1.14 bits per heavy atom. The second-order valence-corrected chi connectivity index (χ2v) is 9.07. The maximum absolute atomic E-state index is 13.2. The highest BCUT2D eigenvalue weighted by molar-refractivity contribution is 6.04. The van der Waals surface area contributed by atoms with E-state index in [0.29, 0.717) is 32.8 Å². The van der Waals surface area contributed by atoms with Crippen molar-refractivity contribution >= 4 is 23.4 Å². The number of allylic oxidation sites excluding steroid dienone is 1. The molecule has 182 valence electrons. The summed E-state index contributed by atoms with van der Waals surface area (Å²) >= 11 is 0. The fourth-order valence-electron chi connectivity index (χ4n) is 5.38. The zero-order valence-electron chi connectivity index (χ0n) is 20.3. The third kappa shape index (κ3) is 3.95. The van der Waals surface area contributed by atoms with Gasteiger partial charge in [-0.2, -0.15) is 0 Å². The molecule has 0 unspecified atom stereocenters. The molecule has 2 heterocycles. The average molecular weight is 475 g/mol. The summed E-state index contributed by atoms with van der Waals surface area (Å²) < 4.78 is 16.3. The molecule has 1 fully saturated rings. The molecule has 35 heavy (non-hydrogen) atoms. The number of carbonyl (C=O) groups excluding carboxylic acids is 2. The van der Waals surface area contributed by atoms with Crippen LogP contribution in [-0.4, -0.2) is 49.0 Å². The van der Waals surface area contributed by atoms with Crippen LogP contribution in [0.3, 0.4) is 0 Å². The van der Waals surface area contributed by atoms with E-state index in [2.05, 4.69) is 31.2 Å². The number of rotatable bonds is 5. The molecule has 0 N–H and O–H groups in total. The number of nitrogens with zero attached hydrogens (tertiary/aromatic N) is 2. The minimum atomic E-state index is -0.646. The number of hydrogen-bond acceptors (Lipinski definition) is 5. The predicted molar refractivity (Wildman–Crippen MR) is 133 cm³/mol. The number of amides is 2. The minimum absolute atomic E-state index is 0.0719. The molecule has 2 aromatic carbocycles. The summed E-state index contributed by atoms with van der Waals surface area (Å²) in [7, 11) is 0. The first-order valence-corrected chi connectivity index (χ1v) is 12.1. The number of carbonyl (C=O) groups is 2. The van der Waals surface area contributed by atoms with Crippen molar-refractivity contribution in [1.29, 1.82) is 0 Å². The van der Waals surface area contributed by atoms with E-state index in [1.807, 2.05) is 50.4 Å². The topological polar surface area (TPSA) is 68.3 Å². The van der Waals surface area contributed by atoms with Crippen LogP contribution in [0.15, 0.2) is 66.4 Å². The van der Waals surface area contributed by atoms with Crippen LogP contribution in [0.1, 0.15) is 44.2 Å². The SMILES string of the molecule is CCOC(=O)N1c2ccccc2C2=C[C@@H](c3ccc(OCC)cc3)/C(=C/N3CCOC3=O)C[C@]21C. The van der Waals surface area contributed by atoms with E-state index < -0.39 is 5.54 Å². The molecule has 2 amide bonds. The van der Waals surface area contributed by atoms with Crippen LogP contribution in [0.4, 0.5) is 15.3 Å². The first kappa shape index (κ1) is 23.0. The van der Waals surface area contributed by atoms with Gasteiger partial charge in [-0.25, -0.2) is 9.59 Å². The van der Waals surface area contributed by atoms with Gasteiger partial charge >= 0.3 is 12.2 Å². The molecule has 7 nitrogen and oxygen atoms in total. The molecular weight excluding hydrogens is 444 g/mol. The van der Waals surface area contributed by atoms with Gasteiger partial charge in [0.1, 0.15) is 12.4 Å². The van der Waals surface area contributed by atoms with Gasteiger partial charge in [0.15, 0.2) is 0 Å². The molecular formula is C28H30N2O5. The smallest absolute Gasteiger partial charge is 0.415 e. The number of benzene rings is 2. The average Bonchev–Trinajstić information content (AvgIpc) is 3.36. The van der Waals surface area contributed by atoms with Crippen LogP contribution >= 0.6 is 0 Å². The van der Waals surface area contributed by atoms with E-state index >= 15 is 0 Å². The van der Waals surface area contributed by atoms with E-state index in [9.17, 15) is 9.59 Å². The predicted octanol–water partition coefficient (Wildman–Crippen LogP) is 5.73. The van der Waals surface area contributed by atoms with Crippen LogP contribution in [0.5, 0.6) is 5.75 Å². The molecule has 2 aliphatic heterocycles. The van der Waals surface area contributed by atoms with Crippen molar-refractivity contribution in [2.45, 2.75) is 38.6 Å². The highest BCUT2D eigenvalue weighted by atomic mass is 16.6. The fourth-order valence-corrected chi connectivity index (χ4v) is 5.38. The van der Waals surface area contributed by atoms with Crippen molar-refractivity contribution in [2.75, 3.05) is 31.3 Å². The molecule has 0 radical (unpaired) electrons. The molecule has 5 rings (SSSR count). The van der Waals surface area contributed by atoms with Gasteiger partial charge in [-0.05, 0) is 62.1 Å². The summed E-state index contributed by atoms with van der Waals surface area (Å²) in [5, 5.41) is 0. The summed E-state index contributed by atoms with van der Waals surface area (Å²) in [6, 6.07) is 16.0. The zero-order chi connectivity index (χ0) is 24.6. The van der Waals surface area contributed by atoms with Gasteiger partial charge in [-0.3, -0.25) is 9.80 Å². The molecule has 0 saturated carbocycles. The Balaban J connectivity index is 1.64. The summed E-state index contributed by atoms with van der Waals surface area (Å²) in [4.78, 5) is 28.9. The first-order chi connectivity index (χ1) is 17.0. The Morgan fingerprint density at radius 3 is 2.60 bits per heavy atom. The van der Waals surface area contributed by atoms with Crippen molar-refractivity contribution in [1.82, 2.24) is 4.90 Å². The van der Waals surface area contributed by atoms with Gasteiger partial charge in [-0.15, -0.1) is 0 Å². The first-order valence-electron chi connectivity index (χ1n) is 12.1. The monoisotopic (exact) mass is 474 g/mol. The molecule has 3 aliphatic rings. The number of ether oxygens (including phenoxy) is 3. The number of hydrogen-bond donors (Lipinski definition) is 0. The fraction of sp³-hybridized carbons (Fsp3) is 0.357. The van der Waals surface area contributed by atoms with Crippen LogP contribution in [0.2, 0.25) is 0 Å². The van der Waals surface area contributed by atoms with Crippen LogP contribution < -0.4 is 9.64 Å². The Bertz CT molecular complexity index is 1200. The summed E-state index contributed by atoms with van der Waals surface area (Å²) in [6.45, 7) is 7.62. The van der Waals surface area contributed by atoms with Crippen molar-refractivity contribution < 1.29 is 23.8 Å². The lowest BCUT2D eigenvalue weighted by Crippen LogP contribution is -2.49. The third-order valence-electron chi connectivity index (χ3n) is 6.90.